The molecule has 140 valence electrons. The molecule has 5 heteroatoms. The number of Topliss-reactive ketones (excluding diaryl/α,β-unsaturated/α-hetero) is 1. The van der Waals surface area contributed by atoms with Gasteiger partial charge >= 0.3 is 0 Å². The highest BCUT2D eigenvalue weighted by Crippen LogP contribution is 2.46. The van der Waals surface area contributed by atoms with Crippen LogP contribution in [-0.4, -0.2) is 5.78 Å². The van der Waals surface area contributed by atoms with Crippen LogP contribution in [-0.2, 0) is 4.79 Å². The first-order valence-corrected chi connectivity index (χ1v) is 10.3. The Kier molecular flexibility index (Phi) is 5.14. The molecule has 0 spiro atoms. The van der Waals surface area contributed by atoms with Crippen molar-refractivity contribution in [1.29, 1.82) is 5.26 Å². The fraction of sp³-hybridized carbons (Fsp3) is 0.217. The maximum Gasteiger partial charge on any atom is 0.162 e. The first-order valence-electron chi connectivity index (χ1n) is 9.13. The van der Waals surface area contributed by atoms with E-state index in [2.05, 4.69) is 27.3 Å². The molecule has 2 aromatic carbocycles. The third kappa shape index (κ3) is 3.30. The van der Waals surface area contributed by atoms with Gasteiger partial charge in [0.15, 0.2) is 5.78 Å². The molecule has 0 fully saturated rings. The molecule has 1 heterocycles. The van der Waals surface area contributed by atoms with Crippen LogP contribution in [0.1, 0.15) is 42.7 Å². The van der Waals surface area contributed by atoms with Crippen LogP contribution < -0.4 is 5.32 Å². The van der Waals surface area contributed by atoms with Crippen LogP contribution in [0.25, 0.3) is 0 Å². The summed E-state index contributed by atoms with van der Waals surface area (Å²) in [6.07, 6.45) is 1.17. The summed E-state index contributed by atoms with van der Waals surface area (Å²) in [6.45, 7) is 1.91. The molecular formula is C23H18BrClN2O. The number of carbonyl (C=O) groups is 1. The molecule has 1 aliphatic carbocycles. The quantitative estimate of drug-likeness (QED) is 0.608. The van der Waals surface area contributed by atoms with Gasteiger partial charge in [0.05, 0.1) is 17.6 Å². The second-order valence-corrected chi connectivity index (χ2v) is 8.49. The van der Waals surface area contributed by atoms with Crippen molar-refractivity contribution in [1.82, 2.24) is 5.32 Å². The fourth-order valence-corrected chi connectivity index (χ4v) is 4.82. The number of nitrogens with zero attached hydrogens (tertiary/aromatic N) is 1. The fourth-order valence-electron chi connectivity index (χ4n) is 4.18. The minimum absolute atomic E-state index is 0.0923. The van der Waals surface area contributed by atoms with E-state index in [1.807, 2.05) is 55.5 Å². The highest BCUT2D eigenvalue weighted by atomic mass is 79.9. The third-order valence-electron chi connectivity index (χ3n) is 5.51. The van der Waals surface area contributed by atoms with Crippen LogP contribution in [0.3, 0.4) is 0 Å². The number of benzene rings is 2. The molecular weight excluding hydrogens is 436 g/mol. The minimum Gasteiger partial charge on any atom is -0.361 e. The van der Waals surface area contributed by atoms with Crippen molar-refractivity contribution in [3.8, 4) is 6.07 Å². The number of halogens is 2. The zero-order valence-corrected chi connectivity index (χ0v) is 17.6. The SMILES string of the molecule is CC1=C(C#N)[C@H](c2ccccc2Br)C2=C(C[C@H](c3ccc(Cl)cc3)CC2=O)N1. The normalized spacial score (nSPS) is 21.9. The zero-order valence-electron chi connectivity index (χ0n) is 15.3. The van der Waals surface area contributed by atoms with Gasteiger partial charge in [-0.25, -0.2) is 0 Å². The van der Waals surface area contributed by atoms with E-state index in [1.54, 1.807) is 0 Å². The van der Waals surface area contributed by atoms with Crippen LogP contribution in [0.4, 0.5) is 0 Å². The van der Waals surface area contributed by atoms with E-state index in [1.165, 1.54) is 0 Å². The molecule has 0 bridgehead atoms. The summed E-state index contributed by atoms with van der Waals surface area (Å²) in [5, 5.41) is 13.8. The Labute approximate surface area is 177 Å². The van der Waals surface area contributed by atoms with Crippen molar-refractivity contribution in [3.05, 3.63) is 91.7 Å². The molecule has 0 saturated carbocycles. The summed E-state index contributed by atoms with van der Waals surface area (Å²) >= 11 is 9.61. The Morgan fingerprint density at radius 2 is 1.86 bits per heavy atom. The van der Waals surface area contributed by atoms with Crippen LogP contribution in [0, 0.1) is 11.3 Å². The Bertz CT molecular complexity index is 1060. The summed E-state index contributed by atoms with van der Waals surface area (Å²) in [5.74, 6) is -0.141. The number of dihydropyridines is 1. The van der Waals surface area contributed by atoms with E-state index in [0.717, 1.165) is 39.0 Å². The molecule has 0 amide bonds. The number of ketones is 1. The van der Waals surface area contributed by atoms with Crippen molar-refractivity contribution in [2.75, 3.05) is 0 Å². The predicted molar refractivity (Wildman–Crippen MR) is 114 cm³/mol. The lowest BCUT2D eigenvalue weighted by atomic mass is 9.72. The van der Waals surface area contributed by atoms with Crippen molar-refractivity contribution in [2.45, 2.75) is 31.6 Å². The van der Waals surface area contributed by atoms with Gasteiger partial charge in [-0.1, -0.05) is 57.9 Å². The lowest BCUT2D eigenvalue weighted by molar-refractivity contribution is -0.116. The summed E-state index contributed by atoms with van der Waals surface area (Å²) < 4.78 is 0.905. The highest BCUT2D eigenvalue weighted by molar-refractivity contribution is 9.10. The average Bonchev–Trinajstić information content (AvgIpc) is 2.68. The molecule has 0 saturated heterocycles. The topological polar surface area (TPSA) is 52.9 Å². The van der Waals surface area contributed by atoms with E-state index in [4.69, 9.17) is 11.6 Å². The van der Waals surface area contributed by atoms with E-state index in [0.29, 0.717) is 17.0 Å². The number of hydrogen-bond donors (Lipinski definition) is 1. The van der Waals surface area contributed by atoms with Gasteiger partial charge in [-0.3, -0.25) is 4.79 Å². The molecule has 1 aliphatic heterocycles. The van der Waals surface area contributed by atoms with Gasteiger partial charge in [0.2, 0.25) is 0 Å². The second-order valence-electron chi connectivity index (χ2n) is 7.20. The molecule has 3 nitrogen and oxygen atoms in total. The highest BCUT2D eigenvalue weighted by Gasteiger charge is 2.39. The molecule has 2 aliphatic rings. The second kappa shape index (κ2) is 7.58. The summed E-state index contributed by atoms with van der Waals surface area (Å²) in [7, 11) is 0. The maximum atomic E-state index is 13.3. The monoisotopic (exact) mass is 452 g/mol. The molecule has 1 N–H and O–H groups in total. The van der Waals surface area contributed by atoms with Gasteiger partial charge < -0.3 is 5.32 Å². The van der Waals surface area contributed by atoms with E-state index < -0.39 is 0 Å². The molecule has 28 heavy (non-hydrogen) atoms. The van der Waals surface area contributed by atoms with Gasteiger partial charge in [-0.15, -0.1) is 0 Å². The maximum absolute atomic E-state index is 13.3. The Balaban J connectivity index is 1.80. The summed E-state index contributed by atoms with van der Waals surface area (Å²) in [5.41, 5.74) is 5.12. The van der Waals surface area contributed by atoms with Crippen LogP contribution in [0.2, 0.25) is 5.02 Å². The Morgan fingerprint density at radius 3 is 2.54 bits per heavy atom. The Hall–Kier alpha value is -2.35. The largest absolute Gasteiger partial charge is 0.361 e. The van der Waals surface area contributed by atoms with Crippen molar-refractivity contribution in [2.24, 2.45) is 0 Å². The van der Waals surface area contributed by atoms with Crippen molar-refractivity contribution >= 4 is 33.3 Å². The third-order valence-corrected chi connectivity index (χ3v) is 6.48. The predicted octanol–water partition coefficient (Wildman–Crippen LogP) is 5.99. The Morgan fingerprint density at radius 1 is 1.14 bits per heavy atom. The molecule has 4 rings (SSSR count). The van der Waals surface area contributed by atoms with E-state index in [-0.39, 0.29) is 17.6 Å². The van der Waals surface area contributed by atoms with Gasteiger partial charge in [0.25, 0.3) is 0 Å². The lowest BCUT2D eigenvalue weighted by Crippen LogP contribution is -2.33. The number of allylic oxidation sites excluding steroid dienone is 4. The standard InChI is InChI=1S/C23H18BrClN2O/c1-13-18(12-26)22(17-4-2-3-5-19(17)24)23-20(27-13)10-15(11-21(23)28)14-6-8-16(25)9-7-14/h2-9,15,22,27H,10-11H2,1H3/t15-,22-/m0/s1. The van der Waals surface area contributed by atoms with Gasteiger partial charge in [-0.05, 0) is 48.6 Å². The van der Waals surface area contributed by atoms with Gasteiger partial charge in [0.1, 0.15) is 0 Å². The molecule has 2 aromatic rings. The molecule has 0 unspecified atom stereocenters. The lowest BCUT2D eigenvalue weighted by Gasteiger charge is -2.36. The van der Waals surface area contributed by atoms with E-state index in [9.17, 15) is 10.1 Å². The van der Waals surface area contributed by atoms with Gasteiger partial charge in [-0.2, -0.15) is 5.26 Å². The number of rotatable bonds is 2. The summed E-state index contributed by atoms with van der Waals surface area (Å²) in [4.78, 5) is 13.3. The van der Waals surface area contributed by atoms with Crippen LogP contribution in [0.5, 0.6) is 0 Å². The van der Waals surface area contributed by atoms with Crippen LogP contribution >= 0.6 is 27.5 Å². The van der Waals surface area contributed by atoms with E-state index >= 15 is 0 Å². The zero-order chi connectivity index (χ0) is 19.8. The van der Waals surface area contributed by atoms with Crippen molar-refractivity contribution in [3.63, 3.8) is 0 Å². The van der Waals surface area contributed by atoms with Crippen LogP contribution in [0.15, 0.2) is 75.5 Å². The summed E-state index contributed by atoms with van der Waals surface area (Å²) in [6, 6.07) is 17.8. The minimum atomic E-state index is -0.338. The number of carbonyl (C=O) groups excluding carboxylic acids is 1. The number of nitriles is 1. The molecule has 0 aromatic heterocycles. The molecule has 2 atom stereocenters. The van der Waals surface area contributed by atoms with Gasteiger partial charge in [0, 0.05) is 32.9 Å². The molecule has 0 radical (unpaired) electrons. The smallest absolute Gasteiger partial charge is 0.162 e. The van der Waals surface area contributed by atoms with Crippen molar-refractivity contribution < 1.29 is 4.79 Å². The first-order chi connectivity index (χ1) is 13.5. The number of hydrogen-bond acceptors (Lipinski definition) is 3. The first kappa shape index (κ1) is 19.0. The number of nitrogens with one attached hydrogen (secondary N) is 1. The average molecular weight is 454 g/mol.